The minimum atomic E-state index is -3.21. The van der Waals surface area contributed by atoms with E-state index in [9.17, 15) is 8.42 Å². The van der Waals surface area contributed by atoms with Crippen molar-refractivity contribution in [2.75, 3.05) is 31.9 Å². The van der Waals surface area contributed by atoms with Crippen molar-refractivity contribution in [3.05, 3.63) is 0 Å². The van der Waals surface area contributed by atoms with Crippen LogP contribution in [-0.4, -0.2) is 40.3 Å². The van der Waals surface area contributed by atoms with Crippen molar-refractivity contribution in [3.8, 4) is 0 Å². The number of sulfonamides is 1. The van der Waals surface area contributed by atoms with Crippen LogP contribution in [0.5, 0.6) is 0 Å². The van der Waals surface area contributed by atoms with Gasteiger partial charge in [0.1, 0.15) is 0 Å². The highest BCUT2D eigenvalue weighted by molar-refractivity contribution is 7.89. The van der Waals surface area contributed by atoms with Gasteiger partial charge < -0.3 is 4.74 Å². The Bertz CT molecular complexity index is 281. The Balaban J connectivity index is 4.24. The van der Waals surface area contributed by atoms with E-state index in [4.69, 9.17) is 16.3 Å². The van der Waals surface area contributed by atoms with Gasteiger partial charge >= 0.3 is 0 Å². The van der Waals surface area contributed by atoms with E-state index in [-0.39, 0.29) is 11.2 Å². The maximum absolute atomic E-state index is 11.7. The van der Waals surface area contributed by atoms with Crippen LogP contribution in [0, 0.1) is 5.41 Å². The normalized spacial score (nSPS) is 12.9. The van der Waals surface area contributed by atoms with Gasteiger partial charge in [-0.3, -0.25) is 0 Å². The highest BCUT2D eigenvalue weighted by Gasteiger charge is 2.26. The van der Waals surface area contributed by atoms with E-state index in [0.717, 1.165) is 12.8 Å². The molecule has 104 valence electrons. The lowest BCUT2D eigenvalue weighted by atomic mass is 9.85. The molecule has 17 heavy (non-hydrogen) atoms. The summed E-state index contributed by atoms with van der Waals surface area (Å²) >= 11 is 5.93. The fourth-order valence-corrected chi connectivity index (χ4v) is 3.11. The Hall–Kier alpha value is 0.160. The topological polar surface area (TPSA) is 55.4 Å². The monoisotopic (exact) mass is 285 g/mol. The van der Waals surface area contributed by atoms with Crippen LogP contribution in [0.15, 0.2) is 0 Å². The summed E-state index contributed by atoms with van der Waals surface area (Å²) in [5.41, 5.74) is -0.129. The van der Waals surface area contributed by atoms with E-state index in [1.807, 2.05) is 13.8 Å². The van der Waals surface area contributed by atoms with E-state index >= 15 is 0 Å². The molecule has 4 nitrogen and oxygen atoms in total. The molecule has 0 aliphatic rings. The van der Waals surface area contributed by atoms with Crippen molar-refractivity contribution >= 4 is 21.6 Å². The molecule has 0 saturated heterocycles. The van der Waals surface area contributed by atoms with Crippen LogP contribution in [-0.2, 0) is 14.8 Å². The van der Waals surface area contributed by atoms with Gasteiger partial charge in [-0.2, -0.15) is 0 Å². The summed E-state index contributed by atoms with van der Waals surface area (Å²) in [6.07, 6.45) is 2.25. The number of alkyl halides is 1. The molecule has 0 heterocycles. The molecule has 0 atom stereocenters. The molecule has 0 aliphatic heterocycles. The highest BCUT2D eigenvalue weighted by atomic mass is 35.5. The predicted molar refractivity (Wildman–Crippen MR) is 72.0 cm³/mol. The van der Waals surface area contributed by atoms with Gasteiger partial charge in [-0.1, -0.05) is 13.8 Å². The second-order valence-corrected chi connectivity index (χ2v) is 6.52. The maximum atomic E-state index is 11.7. The molecule has 0 bridgehead atoms. The van der Waals surface area contributed by atoms with Crippen molar-refractivity contribution in [2.45, 2.75) is 33.1 Å². The average molecular weight is 286 g/mol. The van der Waals surface area contributed by atoms with Gasteiger partial charge in [-0.05, 0) is 24.7 Å². The van der Waals surface area contributed by atoms with Crippen molar-refractivity contribution in [1.29, 1.82) is 0 Å². The maximum Gasteiger partial charge on any atom is 0.211 e. The SMILES string of the molecule is CCC(CC)(CCl)CNS(=O)(=O)CCCOC. The molecule has 0 rings (SSSR count). The van der Waals surface area contributed by atoms with Gasteiger partial charge in [-0.15, -0.1) is 11.6 Å². The third-order valence-electron chi connectivity index (χ3n) is 3.21. The molecule has 0 unspecified atom stereocenters. The van der Waals surface area contributed by atoms with Crippen molar-refractivity contribution in [2.24, 2.45) is 5.41 Å². The Morgan fingerprint density at radius 3 is 2.29 bits per heavy atom. The Labute approximate surface area is 110 Å². The summed E-state index contributed by atoms with van der Waals surface area (Å²) in [5, 5.41) is 0. The van der Waals surface area contributed by atoms with E-state index in [2.05, 4.69) is 4.72 Å². The number of nitrogens with one attached hydrogen (secondary N) is 1. The van der Waals surface area contributed by atoms with E-state index in [1.54, 1.807) is 7.11 Å². The number of halogens is 1. The van der Waals surface area contributed by atoms with Crippen molar-refractivity contribution in [1.82, 2.24) is 4.72 Å². The first-order valence-electron chi connectivity index (χ1n) is 5.97. The summed E-state index contributed by atoms with van der Waals surface area (Å²) in [6, 6.07) is 0. The number of ether oxygens (including phenoxy) is 1. The van der Waals surface area contributed by atoms with Crippen LogP contribution >= 0.6 is 11.6 Å². The third-order valence-corrected chi connectivity index (χ3v) is 5.19. The van der Waals surface area contributed by atoms with Crippen LogP contribution in [0.25, 0.3) is 0 Å². The summed E-state index contributed by atoms with van der Waals surface area (Å²) in [5.74, 6) is 0.577. The van der Waals surface area contributed by atoms with Gasteiger partial charge in [0, 0.05) is 26.1 Å². The van der Waals surface area contributed by atoms with Crippen LogP contribution in [0.2, 0.25) is 0 Å². The van der Waals surface area contributed by atoms with Gasteiger partial charge in [0.15, 0.2) is 0 Å². The number of hydrogen-bond acceptors (Lipinski definition) is 3. The Kier molecular flexibility index (Phi) is 8.37. The van der Waals surface area contributed by atoms with Gasteiger partial charge in [-0.25, -0.2) is 13.1 Å². The second-order valence-electron chi connectivity index (χ2n) is 4.33. The first kappa shape index (κ1) is 17.2. The zero-order valence-corrected chi connectivity index (χ0v) is 12.5. The zero-order chi connectivity index (χ0) is 13.4. The van der Waals surface area contributed by atoms with E-state index in [1.165, 1.54) is 0 Å². The molecular weight excluding hydrogens is 262 g/mol. The minimum Gasteiger partial charge on any atom is -0.385 e. The lowest BCUT2D eigenvalue weighted by molar-refractivity contribution is 0.199. The zero-order valence-electron chi connectivity index (χ0n) is 11.0. The van der Waals surface area contributed by atoms with Crippen LogP contribution in [0.3, 0.4) is 0 Å². The molecular formula is C11H24ClNO3S. The third kappa shape index (κ3) is 6.60. The summed E-state index contributed by atoms with van der Waals surface area (Å²) in [4.78, 5) is 0. The Morgan fingerprint density at radius 1 is 1.29 bits per heavy atom. The van der Waals surface area contributed by atoms with E-state index in [0.29, 0.717) is 25.5 Å². The first-order valence-corrected chi connectivity index (χ1v) is 8.16. The molecule has 1 N–H and O–H groups in total. The molecule has 0 amide bonds. The number of hydrogen-bond donors (Lipinski definition) is 1. The first-order chi connectivity index (χ1) is 7.95. The van der Waals surface area contributed by atoms with E-state index < -0.39 is 10.0 Å². The average Bonchev–Trinajstić information content (AvgIpc) is 2.32. The minimum absolute atomic E-state index is 0.104. The summed E-state index contributed by atoms with van der Waals surface area (Å²) < 4.78 is 30.9. The van der Waals surface area contributed by atoms with Crippen LogP contribution < -0.4 is 4.72 Å². The molecule has 6 heteroatoms. The molecule has 0 fully saturated rings. The predicted octanol–water partition coefficient (Wildman–Crippen LogP) is 1.99. The highest BCUT2D eigenvalue weighted by Crippen LogP contribution is 2.27. The molecule has 0 saturated carbocycles. The molecule has 0 aliphatic carbocycles. The van der Waals surface area contributed by atoms with Gasteiger partial charge in [0.2, 0.25) is 10.0 Å². The molecule has 0 aromatic rings. The molecule has 0 aromatic carbocycles. The quantitative estimate of drug-likeness (QED) is 0.493. The lowest BCUT2D eigenvalue weighted by Crippen LogP contribution is -2.39. The largest absolute Gasteiger partial charge is 0.385 e. The Morgan fingerprint density at radius 2 is 1.88 bits per heavy atom. The lowest BCUT2D eigenvalue weighted by Gasteiger charge is -2.29. The standard InChI is InChI=1S/C11H24ClNO3S/c1-4-11(5-2,9-12)10-13-17(14,15)8-6-7-16-3/h13H,4-10H2,1-3H3. The van der Waals surface area contributed by atoms with Gasteiger partial charge in [0.05, 0.1) is 5.75 Å². The fourth-order valence-electron chi connectivity index (χ4n) is 1.46. The van der Waals surface area contributed by atoms with Crippen molar-refractivity contribution in [3.63, 3.8) is 0 Å². The summed E-state index contributed by atoms with van der Waals surface area (Å²) in [6.45, 7) is 4.94. The molecule has 0 spiro atoms. The summed E-state index contributed by atoms with van der Waals surface area (Å²) in [7, 11) is -1.64. The number of rotatable bonds is 10. The fraction of sp³-hybridized carbons (Fsp3) is 1.00. The van der Waals surface area contributed by atoms with Crippen LogP contribution in [0.4, 0.5) is 0 Å². The molecule has 0 radical (unpaired) electrons. The van der Waals surface area contributed by atoms with Gasteiger partial charge in [0.25, 0.3) is 0 Å². The second kappa shape index (κ2) is 8.29. The molecule has 0 aromatic heterocycles. The van der Waals surface area contributed by atoms with Crippen molar-refractivity contribution < 1.29 is 13.2 Å². The smallest absolute Gasteiger partial charge is 0.211 e. The number of methoxy groups -OCH3 is 1. The van der Waals surface area contributed by atoms with Crippen LogP contribution in [0.1, 0.15) is 33.1 Å².